The molecule has 0 radical (unpaired) electrons. The fraction of sp³-hybridized carbons (Fsp3) is 0.0833. The van der Waals surface area contributed by atoms with Crippen molar-refractivity contribution in [3.05, 3.63) is 94.9 Å². The van der Waals surface area contributed by atoms with Gasteiger partial charge in [-0.05, 0) is 55.0 Å². The van der Waals surface area contributed by atoms with Gasteiger partial charge in [0.25, 0.3) is 0 Å². The molecule has 7 heteroatoms. The van der Waals surface area contributed by atoms with Crippen molar-refractivity contribution >= 4 is 23.9 Å². The maximum absolute atomic E-state index is 12.3. The minimum Gasteiger partial charge on any atom is -0.493 e. The summed E-state index contributed by atoms with van der Waals surface area (Å²) >= 11 is 0. The van der Waals surface area contributed by atoms with E-state index in [1.165, 1.54) is 13.3 Å². The van der Waals surface area contributed by atoms with E-state index in [2.05, 4.69) is 9.98 Å². The second-order valence-corrected chi connectivity index (χ2v) is 6.75. The van der Waals surface area contributed by atoms with E-state index >= 15 is 0 Å². The molecule has 2 aromatic carbocycles. The van der Waals surface area contributed by atoms with E-state index in [1.807, 2.05) is 31.2 Å². The number of pyridine rings is 1. The number of cyclic esters (lactones) is 1. The highest BCUT2D eigenvalue weighted by Gasteiger charge is 2.24. The summed E-state index contributed by atoms with van der Waals surface area (Å²) in [4.78, 5) is 32.8. The van der Waals surface area contributed by atoms with Crippen molar-refractivity contribution < 1.29 is 23.8 Å². The Kier molecular flexibility index (Phi) is 5.57. The molecule has 0 N–H and O–H groups in total. The Morgan fingerprint density at radius 1 is 1.06 bits per heavy atom. The number of rotatable bonds is 5. The molecule has 0 fully saturated rings. The summed E-state index contributed by atoms with van der Waals surface area (Å²) < 4.78 is 16.1. The first kappa shape index (κ1) is 20.0. The largest absolute Gasteiger partial charge is 0.493 e. The molecule has 2 heterocycles. The lowest BCUT2D eigenvalue weighted by atomic mass is 10.1. The first-order valence-electron chi connectivity index (χ1n) is 9.43. The third kappa shape index (κ3) is 4.51. The lowest BCUT2D eigenvalue weighted by molar-refractivity contribution is -0.129. The molecule has 0 atom stereocenters. The average Bonchev–Trinajstić information content (AvgIpc) is 3.15. The maximum Gasteiger partial charge on any atom is 0.363 e. The van der Waals surface area contributed by atoms with Crippen LogP contribution in [0.3, 0.4) is 0 Å². The van der Waals surface area contributed by atoms with E-state index in [4.69, 9.17) is 14.2 Å². The van der Waals surface area contributed by atoms with Gasteiger partial charge < -0.3 is 14.2 Å². The molecule has 154 valence electrons. The predicted molar refractivity (Wildman–Crippen MR) is 114 cm³/mol. The molecule has 0 unspecified atom stereocenters. The second kappa shape index (κ2) is 8.62. The Balaban J connectivity index is 1.58. The van der Waals surface area contributed by atoms with Crippen molar-refractivity contribution in [1.29, 1.82) is 0 Å². The Morgan fingerprint density at radius 3 is 2.68 bits per heavy atom. The number of hydrogen-bond donors (Lipinski definition) is 0. The van der Waals surface area contributed by atoms with E-state index in [9.17, 15) is 9.59 Å². The monoisotopic (exact) mass is 414 g/mol. The van der Waals surface area contributed by atoms with E-state index < -0.39 is 11.9 Å². The molecule has 7 nitrogen and oxygen atoms in total. The van der Waals surface area contributed by atoms with E-state index in [-0.39, 0.29) is 17.3 Å². The molecule has 0 saturated heterocycles. The lowest BCUT2D eigenvalue weighted by Crippen LogP contribution is -2.09. The first-order chi connectivity index (χ1) is 15.0. The highest BCUT2D eigenvalue weighted by molar-refractivity contribution is 6.12. The van der Waals surface area contributed by atoms with Gasteiger partial charge in [0.2, 0.25) is 5.90 Å². The summed E-state index contributed by atoms with van der Waals surface area (Å²) in [6.45, 7) is 1.95. The second-order valence-electron chi connectivity index (χ2n) is 6.75. The standard InChI is InChI=1S/C24H18N2O5/c1-15-5-3-6-17(11-15)22-26-19(24(28)31-22)12-16-8-9-20(21(13-16)29-2)30-23(27)18-7-4-10-25-14-18/h3-14H,1-2H3/b19-12+. The molecular weight excluding hydrogens is 396 g/mol. The Hall–Kier alpha value is -4.26. The topological polar surface area (TPSA) is 87.1 Å². The van der Waals surface area contributed by atoms with Crippen LogP contribution < -0.4 is 9.47 Å². The van der Waals surface area contributed by atoms with Crippen molar-refractivity contribution in [1.82, 2.24) is 4.98 Å². The zero-order valence-electron chi connectivity index (χ0n) is 16.9. The predicted octanol–water partition coefficient (Wildman–Crippen LogP) is 3.96. The highest BCUT2D eigenvalue weighted by Crippen LogP contribution is 2.30. The summed E-state index contributed by atoms with van der Waals surface area (Å²) in [6, 6.07) is 15.7. The fourth-order valence-corrected chi connectivity index (χ4v) is 2.97. The summed E-state index contributed by atoms with van der Waals surface area (Å²) in [5, 5.41) is 0. The Bertz CT molecular complexity index is 1220. The summed E-state index contributed by atoms with van der Waals surface area (Å²) in [7, 11) is 1.46. The van der Waals surface area contributed by atoms with Gasteiger partial charge in [-0.15, -0.1) is 0 Å². The molecule has 1 aliphatic rings. The molecule has 0 saturated carbocycles. The van der Waals surface area contributed by atoms with Gasteiger partial charge in [0, 0.05) is 18.0 Å². The van der Waals surface area contributed by atoms with E-state index in [0.717, 1.165) is 11.1 Å². The number of ether oxygens (including phenoxy) is 3. The number of esters is 2. The molecule has 0 amide bonds. The third-order valence-electron chi connectivity index (χ3n) is 4.48. The van der Waals surface area contributed by atoms with Gasteiger partial charge in [0.05, 0.1) is 12.7 Å². The van der Waals surface area contributed by atoms with Crippen LogP contribution in [0, 0.1) is 6.92 Å². The van der Waals surface area contributed by atoms with Gasteiger partial charge in [-0.25, -0.2) is 14.6 Å². The number of methoxy groups -OCH3 is 1. The number of carbonyl (C=O) groups is 2. The first-order valence-corrected chi connectivity index (χ1v) is 9.43. The highest BCUT2D eigenvalue weighted by atomic mass is 16.6. The van der Waals surface area contributed by atoms with E-state index in [1.54, 1.807) is 42.6 Å². The van der Waals surface area contributed by atoms with Crippen molar-refractivity contribution in [2.75, 3.05) is 7.11 Å². The third-order valence-corrected chi connectivity index (χ3v) is 4.48. The SMILES string of the molecule is COc1cc(/C=C2/N=C(c3cccc(C)c3)OC2=O)ccc1OC(=O)c1cccnc1. The molecule has 4 rings (SSSR count). The molecule has 0 aliphatic carbocycles. The van der Waals surface area contributed by atoms with Crippen LogP contribution in [0.5, 0.6) is 11.5 Å². The zero-order valence-corrected chi connectivity index (χ0v) is 16.9. The molecule has 0 bridgehead atoms. The summed E-state index contributed by atoms with van der Waals surface area (Å²) in [5.74, 6) is -0.252. The van der Waals surface area contributed by atoms with Crippen molar-refractivity contribution in [2.24, 2.45) is 4.99 Å². The average molecular weight is 414 g/mol. The van der Waals surface area contributed by atoms with Gasteiger partial charge in [0.1, 0.15) is 0 Å². The number of aliphatic imine (C=N–C) groups is 1. The molecular formula is C24H18N2O5. The number of benzene rings is 2. The molecule has 1 aromatic heterocycles. The Labute approximate surface area is 178 Å². The molecule has 3 aromatic rings. The maximum atomic E-state index is 12.3. The number of aryl methyl sites for hydroxylation is 1. The van der Waals surface area contributed by atoms with Crippen LogP contribution in [0.25, 0.3) is 6.08 Å². The van der Waals surface area contributed by atoms with Crippen LogP contribution >= 0.6 is 0 Å². The van der Waals surface area contributed by atoms with Crippen LogP contribution in [0.15, 0.2) is 77.7 Å². The van der Waals surface area contributed by atoms with Gasteiger partial charge in [-0.3, -0.25) is 4.98 Å². The minimum atomic E-state index is -0.552. The van der Waals surface area contributed by atoms with E-state index in [0.29, 0.717) is 16.9 Å². The van der Waals surface area contributed by atoms with Crippen LogP contribution in [0.4, 0.5) is 0 Å². The van der Waals surface area contributed by atoms with Gasteiger partial charge in [-0.1, -0.05) is 23.8 Å². The van der Waals surface area contributed by atoms with Crippen LogP contribution in [-0.2, 0) is 9.53 Å². The number of aromatic nitrogens is 1. The van der Waals surface area contributed by atoms with Crippen LogP contribution in [0.1, 0.15) is 27.0 Å². The van der Waals surface area contributed by atoms with Crippen molar-refractivity contribution in [2.45, 2.75) is 6.92 Å². The summed E-state index contributed by atoms with van der Waals surface area (Å²) in [6.07, 6.45) is 4.57. The quantitative estimate of drug-likeness (QED) is 0.357. The van der Waals surface area contributed by atoms with Gasteiger partial charge in [-0.2, -0.15) is 0 Å². The van der Waals surface area contributed by atoms with Gasteiger partial charge in [0.15, 0.2) is 17.2 Å². The zero-order chi connectivity index (χ0) is 21.8. The fourth-order valence-electron chi connectivity index (χ4n) is 2.97. The molecule has 31 heavy (non-hydrogen) atoms. The molecule has 1 aliphatic heterocycles. The van der Waals surface area contributed by atoms with Crippen LogP contribution in [-0.4, -0.2) is 29.9 Å². The molecule has 0 spiro atoms. The number of nitrogens with zero attached hydrogens (tertiary/aromatic N) is 2. The van der Waals surface area contributed by atoms with Gasteiger partial charge >= 0.3 is 11.9 Å². The van der Waals surface area contributed by atoms with Crippen LogP contribution in [0.2, 0.25) is 0 Å². The van der Waals surface area contributed by atoms with Crippen molar-refractivity contribution in [3.8, 4) is 11.5 Å². The minimum absolute atomic E-state index is 0.165. The lowest BCUT2D eigenvalue weighted by Gasteiger charge is -2.10. The number of carbonyl (C=O) groups excluding carboxylic acids is 2. The normalized spacial score (nSPS) is 14.2. The summed E-state index contributed by atoms with van der Waals surface area (Å²) in [5.41, 5.74) is 2.89. The Morgan fingerprint density at radius 2 is 1.94 bits per heavy atom. The smallest absolute Gasteiger partial charge is 0.363 e. The van der Waals surface area contributed by atoms with Crippen molar-refractivity contribution in [3.63, 3.8) is 0 Å². The number of hydrogen-bond acceptors (Lipinski definition) is 7.